The summed E-state index contributed by atoms with van der Waals surface area (Å²) in [7, 11) is 0. The molecule has 0 spiro atoms. The Bertz CT molecular complexity index is 720. The Balaban J connectivity index is 2.35. The Morgan fingerprint density at radius 2 is 1.61 bits per heavy atom. The van der Waals surface area contributed by atoms with Gasteiger partial charge in [-0.15, -0.1) is 0 Å². The Kier molecular flexibility index (Phi) is 2.37. The first-order valence-corrected chi connectivity index (χ1v) is 6.34. The average molecular weight is 235 g/mol. The van der Waals surface area contributed by atoms with Gasteiger partial charge in [-0.1, -0.05) is 57.2 Å². The largest absolute Gasteiger partial charge is 0.255 e. The summed E-state index contributed by atoms with van der Waals surface area (Å²) in [5.41, 5.74) is 2.53. The van der Waals surface area contributed by atoms with E-state index in [2.05, 4.69) is 68.2 Å². The van der Waals surface area contributed by atoms with E-state index in [1.807, 2.05) is 6.20 Å². The maximum absolute atomic E-state index is 4.68. The number of hydrogen-bond donors (Lipinski definition) is 0. The molecule has 1 aromatic heterocycles. The van der Waals surface area contributed by atoms with Gasteiger partial charge in [-0.3, -0.25) is 4.98 Å². The molecule has 2 aromatic carbocycles. The molecule has 0 atom stereocenters. The molecule has 0 saturated carbocycles. The molecular weight excluding hydrogens is 218 g/mol. The number of pyridine rings is 1. The molecule has 90 valence electrons. The van der Waals surface area contributed by atoms with Crippen molar-refractivity contribution in [2.24, 2.45) is 0 Å². The van der Waals surface area contributed by atoms with Crippen LogP contribution in [0.5, 0.6) is 0 Å². The summed E-state index contributed by atoms with van der Waals surface area (Å²) in [4.78, 5) is 4.68. The van der Waals surface area contributed by atoms with E-state index >= 15 is 0 Å². The van der Waals surface area contributed by atoms with Crippen molar-refractivity contribution in [3.05, 3.63) is 54.2 Å². The predicted molar refractivity (Wildman–Crippen MR) is 77.9 cm³/mol. The van der Waals surface area contributed by atoms with E-state index in [0.29, 0.717) is 0 Å². The summed E-state index contributed by atoms with van der Waals surface area (Å²) in [5.74, 6) is 0. The topological polar surface area (TPSA) is 12.9 Å². The fourth-order valence-corrected chi connectivity index (χ4v) is 2.28. The second-order valence-electron chi connectivity index (χ2n) is 5.83. The molecule has 0 aliphatic rings. The first-order valence-electron chi connectivity index (χ1n) is 6.34. The van der Waals surface area contributed by atoms with Gasteiger partial charge in [0.2, 0.25) is 0 Å². The molecule has 1 nitrogen and oxygen atoms in total. The van der Waals surface area contributed by atoms with Crippen molar-refractivity contribution in [3.8, 4) is 0 Å². The molecule has 0 amide bonds. The van der Waals surface area contributed by atoms with E-state index in [-0.39, 0.29) is 5.41 Å². The Hall–Kier alpha value is -1.89. The smallest absolute Gasteiger partial charge is 0.0780 e. The fourth-order valence-electron chi connectivity index (χ4n) is 2.28. The summed E-state index contributed by atoms with van der Waals surface area (Å²) in [6.45, 7) is 6.66. The zero-order valence-corrected chi connectivity index (χ0v) is 11.1. The molecule has 18 heavy (non-hydrogen) atoms. The van der Waals surface area contributed by atoms with Crippen LogP contribution in [0.3, 0.4) is 0 Å². The van der Waals surface area contributed by atoms with Gasteiger partial charge in [0.05, 0.1) is 5.52 Å². The zero-order valence-electron chi connectivity index (χ0n) is 11.1. The number of aromatic nitrogens is 1. The van der Waals surface area contributed by atoms with Crippen LogP contribution in [-0.2, 0) is 5.41 Å². The average Bonchev–Trinajstić information content (AvgIpc) is 2.37. The second kappa shape index (κ2) is 3.81. The van der Waals surface area contributed by atoms with E-state index in [1.165, 1.54) is 21.7 Å². The molecule has 3 aromatic rings. The van der Waals surface area contributed by atoms with Gasteiger partial charge < -0.3 is 0 Å². The van der Waals surface area contributed by atoms with Crippen LogP contribution in [0.4, 0.5) is 0 Å². The van der Waals surface area contributed by atoms with Crippen molar-refractivity contribution in [3.63, 3.8) is 0 Å². The van der Waals surface area contributed by atoms with Crippen LogP contribution in [0.15, 0.2) is 48.7 Å². The normalized spacial score (nSPS) is 12.2. The number of fused-ring (bicyclic) bond motifs is 3. The van der Waals surface area contributed by atoms with E-state index in [4.69, 9.17) is 0 Å². The first-order chi connectivity index (χ1) is 8.55. The van der Waals surface area contributed by atoms with Gasteiger partial charge in [-0.05, 0) is 22.4 Å². The van der Waals surface area contributed by atoms with Crippen molar-refractivity contribution in [2.45, 2.75) is 26.2 Å². The van der Waals surface area contributed by atoms with Gasteiger partial charge >= 0.3 is 0 Å². The van der Waals surface area contributed by atoms with Crippen LogP contribution < -0.4 is 0 Å². The van der Waals surface area contributed by atoms with Gasteiger partial charge in [0.25, 0.3) is 0 Å². The molecule has 1 heterocycles. The van der Waals surface area contributed by atoms with Crippen molar-refractivity contribution in [1.29, 1.82) is 0 Å². The van der Waals surface area contributed by atoms with E-state index in [9.17, 15) is 0 Å². The van der Waals surface area contributed by atoms with Crippen LogP contribution in [0.1, 0.15) is 26.3 Å². The number of nitrogens with zero attached hydrogens (tertiary/aromatic N) is 1. The van der Waals surface area contributed by atoms with Crippen LogP contribution in [-0.4, -0.2) is 4.98 Å². The highest BCUT2D eigenvalue weighted by atomic mass is 14.7. The standard InChI is InChI=1S/C17H17N/c1-17(2,3)14-10-13-9-8-12-6-4-5-7-15(12)16(13)18-11-14/h4-11H,1-3H3. The lowest BCUT2D eigenvalue weighted by molar-refractivity contribution is 0.589. The van der Waals surface area contributed by atoms with Crippen LogP contribution in [0.2, 0.25) is 0 Å². The summed E-state index contributed by atoms with van der Waals surface area (Å²) < 4.78 is 0. The second-order valence-corrected chi connectivity index (χ2v) is 5.83. The lowest BCUT2D eigenvalue weighted by Gasteiger charge is -2.19. The number of rotatable bonds is 0. The molecule has 0 N–H and O–H groups in total. The van der Waals surface area contributed by atoms with Crippen molar-refractivity contribution >= 4 is 21.7 Å². The van der Waals surface area contributed by atoms with E-state index in [1.54, 1.807) is 0 Å². The molecule has 1 heteroatoms. The van der Waals surface area contributed by atoms with Gasteiger partial charge in [0.15, 0.2) is 0 Å². The van der Waals surface area contributed by atoms with Gasteiger partial charge in [-0.2, -0.15) is 0 Å². The third kappa shape index (κ3) is 1.76. The SMILES string of the molecule is CC(C)(C)c1cnc2c(ccc3ccccc32)c1. The summed E-state index contributed by atoms with van der Waals surface area (Å²) in [6, 6.07) is 15.0. The van der Waals surface area contributed by atoms with Crippen LogP contribution >= 0.6 is 0 Å². The van der Waals surface area contributed by atoms with Crippen molar-refractivity contribution in [2.75, 3.05) is 0 Å². The molecule has 0 aliphatic carbocycles. The highest BCUT2D eigenvalue weighted by Crippen LogP contribution is 2.28. The van der Waals surface area contributed by atoms with Crippen molar-refractivity contribution < 1.29 is 0 Å². The molecular formula is C17H17N. The highest BCUT2D eigenvalue weighted by molar-refractivity contribution is 6.05. The summed E-state index contributed by atoms with van der Waals surface area (Å²) in [5, 5.41) is 3.71. The van der Waals surface area contributed by atoms with E-state index in [0.717, 1.165) is 5.52 Å². The summed E-state index contributed by atoms with van der Waals surface area (Å²) >= 11 is 0. The lowest BCUT2D eigenvalue weighted by Crippen LogP contribution is -2.11. The molecule has 0 saturated heterocycles. The molecule has 0 unspecified atom stereocenters. The van der Waals surface area contributed by atoms with Crippen LogP contribution in [0, 0.1) is 0 Å². The predicted octanol–water partition coefficient (Wildman–Crippen LogP) is 4.69. The zero-order chi connectivity index (χ0) is 12.8. The highest BCUT2D eigenvalue weighted by Gasteiger charge is 2.14. The maximum Gasteiger partial charge on any atom is 0.0780 e. The molecule has 3 rings (SSSR count). The Morgan fingerprint density at radius 3 is 2.39 bits per heavy atom. The number of hydrogen-bond acceptors (Lipinski definition) is 1. The molecule has 0 aliphatic heterocycles. The minimum Gasteiger partial charge on any atom is -0.255 e. The van der Waals surface area contributed by atoms with Gasteiger partial charge in [0, 0.05) is 17.0 Å². The molecule has 0 bridgehead atoms. The molecule has 0 radical (unpaired) electrons. The quantitative estimate of drug-likeness (QED) is 0.515. The minimum atomic E-state index is 0.146. The first kappa shape index (κ1) is 11.2. The summed E-state index contributed by atoms with van der Waals surface area (Å²) in [6.07, 6.45) is 2.01. The lowest BCUT2D eigenvalue weighted by atomic mass is 9.87. The Labute approximate surface area is 107 Å². The third-order valence-electron chi connectivity index (χ3n) is 3.44. The van der Waals surface area contributed by atoms with Crippen molar-refractivity contribution in [1.82, 2.24) is 4.98 Å². The van der Waals surface area contributed by atoms with Gasteiger partial charge in [0.1, 0.15) is 0 Å². The minimum absolute atomic E-state index is 0.146. The maximum atomic E-state index is 4.68. The monoisotopic (exact) mass is 235 g/mol. The molecule has 0 fully saturated rings. The Morgan fingerprint density at radius 1 is 0.889 bits per heavy atom. The third-order valence-corrected chi connectivity index (χ3v) is 3.44. The van der Waals surface area contributed by atoms with Crippen LogP contribution in [0.25, 0.3) is 21.7 Å². The fraction of sp³-hybridized carbons (Fsp3) is 0.235. The van der Waals surface area contributed by atoms with E-state index < -0.39 is 0 Å². The van der Waals surface area contributed by atoms with Gasteiger partial charge in [-0.25, -0.2) is 0 Å². The number of benzene rings is 2.